The van der Waals surface area contributed by atoms with Crippen molar-refractivity contribution in [2.45, 2.75) is 19.0 Å². The van der Waals surface area contributed by atoms with Crippen molar-refractivity contribution in [3.05, 3.63) is 36.3 Å². The Kier molecular flexibility index (Phi) is 4.01. The molecule has 0 spiro atoms. The maximum atomic E-state index is 13.5. The lowest BCUT2D eigenvalue weighted by molar-refractivity contribution is -0.154. The predicted octanol–water partition coefficient (Wildman–Crippen LogP) is 3.24. The number of halogens is 5. The third-order valence-electron chi connectivity index (χ3n) is 3.07. The van der Waals surface area contributed by atoms with Crippen molar-refractivity contribution >= 4 is 5.65 Å². The third kappa shape index (κ3) is 3.80. The van der Waals surface area contributed by atoms with Crippen molar-refractivity contribution in [1.82, 2.24) is 24.8 Å². The largest absolute Gasteiger partial charge is 0.468 e. The fourth-order valence-electron chi connectivity index (χ4n) is 1.99. The molecule has 6 nitrogen and oxygen atoms in total. The summed E-state index contributed by atoms with van der Waals surface area (Å²) in [6.07, 6.45) is -3.24. The SMILES string of the molecule is CC(F)(F)c1nnc2ccc(-c3ccc(OCC(F)(F)F)nc3)nn12. The Morgan fingerprint density at radius 1 is 1.04 bits per heavy atom. The van der Waals surface area contributed by atoms with Crippen LogP contribution in [0.25, 0.3) is 16.9 Å². The van der Waals surface area contributed by atoms with Crippen LogP contribution in [0.15, 0.2) is 30.5 Å². The van der Waals surface area contributed by atoms with Gasteiger partial charge >= 0.3 is 12.1 Å². The number of hydrogen-bond donors (Lipinski definition) is 0. The molecule has 0 amide bonds. The lowest BCUT2D eigenvalue weighted by atomic mass is 10.2. The van der Waals surface area contributed by atoms with Crippen LogP contribution >= 0.6 is 0 Å². The highest BCUT2D eigenvalue weighted by atomic mass is 19.4. The van der Waals surface area contributed by atoms with Crippen LogP contribution in [0.4, 0.5) is 22.0 Å². The minimum absolute atomic E-state index is 0.137. The second-order valence-corrected chi connectivity index (χ2v) is 5.19. The fraction of sp³-hybridized carbons (Fsp3) is 0.286. The zero-order valence-corrected chi connectivity index (χ0v) is 12.6. The van der Waals surface area contributed by atoms with Gasteiger partial charge in [-0.05, 0) is 18.2 Å². The molecule has 0 saturated heterocycles. The van der Waals surface area contributed by atoms with Gasteiger partial charge in [-0.3, -0.25) is 0 Å². The van der Waals surface area contributed by atoms with Crippen molar-refractivity contribution in [3.63, 3.8) is 0 Å². The summed E-state index contributed by atoms with van der Waals surface area (Å²) in [5.41, 5.74) is 0.811. The molecule has 3 heterocycles. The summed E-state index contributed by atoms with van der Waals surface area (Å²) in [5.74, 6) is -4.08. The summed E-state index contributed by atoms with van der Waals surface area (Å²) < 4.78 is 68.7. The molecule has 0 unspecified atom stereocenters. The molecule has 132 valence electrons. The topological polar surface area (TPSA) is 65.2 Å². The second kappa shape index (κ2) is 5.90. The van der Waals surface area contributed by atoms with Gasteiger partial charge in [0.05, 0.1) is 5.69 Å². The summed E-state index contributed by atoms with van der Waals surface area (Å²) in [6.45, 7) is -0.786. The lowest BCUT2D eigenvalue weighted by Gasteiger charge is -2.09. The van der Waals surface area contributed by atoms with Gasteiger partial charge in [-0.1, -0.05) is 0 Å². The van der Waals surface area contributed by atoms with Gasteiger partial charge in [0.2, 0.25) is 11.7 Å². The number of rotatable bonds is 4. The maximum absolute atomic E-state index is 13.5. The molecule has 3 rings (SSSR count). The molecule has 0 radical (unpaired) electrons. The number of hydrogen-bond acceptors (Lipinski definition) is 5. The average Bonchev–Trinajstić information content (AvgIpc) is 2.96. The van der Waals surface area contributed by atoms with Gasteiger partial charge in [-0.15, -0.1) is 10.2 Å². The molecule has 0 N–H and O–H groups in total. The summed E-state index contributed by atoms with van der Waals surface area (Å²) in [4.78, 5) is 3.75. The van der Waals surface area contributed by atoms with Crippen molar-refractivity contribution in [1.29, 1.82) is 0 Å². The molecule has 25 heavy (non-hydrogen) atoms. The predicted molar refractivity (Wildman–Crippen MR) is 75.1 cm³/mol. The molecule has 0 aliphatic rings. The molecule has 3 aromatic rings. The quantitative estimate of drug-likeness (QED) is 0.669. The van der Waals surface area contributed by atoms with Crippen LogP contribution in [0, 0.1) is 0 Å². The normalized spacial score (nSPS) is 12.6. The van der Waals surface area contributed by atoms with Crippen LogP contribution in [0.2, 0.25) is 0 Å². The van der Waals surface area contributed by atoms with E-state index >= 15 is 0 Å². The first kappa shape index (κ1) is 17.0. The van der Waals surface area contributed by atoms with E-state index in [1.807, 2.05) is 0 Å². The highest BCUT2D eigenvalue weighted by Gasteiger charge is 2.32. The monoisotopic (exact) mass is 359 g/mol. The Morgan fingerprint density at radius 3 is 2.40 bits per heavy atom. The van der Waals surface area contributed by atoms with Gasteiger partial charge in [0.1, 0.15) is 0 Å². The van der Waals surface area contributed by atoms with Crippen LogP contribution in [-0.4, -0.2) is 37.6 Å². The lowest BCUT2D eigenvalue weighted by Crippen LogP contribution is -2.19. The van der Waals surface area contributed by atoms with Gasteiger partial charge in [-0.2, -0.15) is 31.6 Å². The molecular weight excluding hydrogens is 349 g/mol. The summed E-state index contributed by atoms with van der Waals surface area (Å²) in [5, 5.41) is 11.1. The molecular formula is C14H10F5N5O. The van der Waals surface area contributed by atoms with Crippen LogP contribution in [-0.2, 0) is 5.92 Å². The number of fused-ring (bicyclic) bond motifs is 1. The van der Waals surface area contributed by atoms with Gasteiger partial charge < -0.3 is 4.74 Å². The minimum Gasteiger partial charge on any atom is -0.468 e. The van der Waals surface area contributed by atoms with Crippen molar-refractivity contribution in [2.24, 2.45) is 0 Å². The highest BCUT2D eigenvalue weighted by molar-refractivity contribution is 5.59. The Hall–Kier alpha value is -2.85. The second-order valence-electron chi connectivity index (χ2n) is 5.19. The average molecular weight is 359 g/mol. The number of alkyl halides is 5. The van der Waals surface area contributed by atoms with Crippen LogP contribution in [0.5, 0.6) is 5.88 Å². The van der Waals surface area contributed by atoms with Gasteiger partial charge in [0.15, 0.2) is 12.3 Å². The zero-order valence-electron chi connectivity index (χ0n) is 12.6. The third-order valence-corrected chi connectivity index (χ3v) is 3.07. The first-order valence-corrected chi connectivity index (χ1v) is 6.90. The van der Waals surface area contributed by atoms with E-state index in [1.54, 1.807) is 0 Å². The van der Waals surface area contributed by atoms with Gasteiger partial charge in [0.25, 0.3) is 0 Å². The minimum atomic E-state index is -4.47. The smallest absolute Gasteiger partial charge is 0.422 e. The molecule has 0 fully saturated rings. The first-order chi connectivity index (χ1) is 11.6. The number of nitrogens with zero attached hydrogens (tertiary/aromatic N) is 5. The van der Waals surface area contributed by atoms with E-state index in [2.05, 4.69) is 25.0 Å². The van der Waals surface area contributed by atoms with E-state index in [-0.39, 0.29) is 17.2 Å². The Morgan fingerprint density at radius 2 is 1.80 bits per heavy atom. The zero-order chi connectivity index (χ0) is 18.2. The van der Waals surface area contributed by atoms with Crippen LogP contribution < -0.4 is 4.74 Å². The fourth-order valence-corrected chi connectivity index (χ4v) is 1.99. The maximum Gasteiger partial charge on any atom is 0.422 e. The van der Waals surface area contributed by atoms with Crippen molar-refractivity contribution in [3.8, 4) is 17.1 Å². The van der Waals surface area contributed by atoms with E-state index in [0.29, 0.717) is 12.5 Å². The first-order valence-electron chi connectivity index (χ1n) is 6.90. The molecule has 0 saturated carbocycles. The van der Waals surface area contributed by atoms with Crippen LogP contribution in [0.3, 0.4) is 0 Å². The molecule has 0 atom stereocenters. The standard InChI is InChI=1S/C14H10F5N5O/c1-13(15,16)12-22-21-10-4-3-9(23-24(10)12)8-2-5-11(20-6-8)25-7-14(17,18)19/h2-6H,7H2,1H3. The van der Waals surface area contributed by atoms with E-state index in [9.17, 15) is 22.0 Å². The molecule has 0 aliphatic heterocycles. The Bertz CT molecular complexity index is 885. The number of pyridine rings is 1. The van der Waals surface area contributed by atoms with E-state index in [1.165, 1.54) is 30.5 Å². The molecule has 3 aromatic heterocycles. The van der Waals surface area contributed by atoms with E-state index in [0.717, 1.165) is 4.52 Å². The van der Waals surface area contributed by atoms with E-state index < -0.39 is 24.5 Å². The number of ether oxygens (including phenoxy) is 1. The highest BCUT2D eigenvalue weighted by Crippen LogP contribution is 2.26. The van der Waals surface area contributed by atoms with Gasteiger partial charge in [0, 0.05) is 24.8 Å². The van der Waals surface area contributed by atoms with Crippen LogP contribution in [0.1, 0.15) is 12.7 Å². The molecule has 0 aromatic carbocycles. The molecule has 0 bridgehead atoms. The number of aromatic nitrogens is 5. The van der Waals surface area contributed by atoms with Crippen molar-refractivity contribution < 1.29 is 26.7 Å². The summed E-state index contributed by atoms with van der Waals surface area (Å²) >= 11 is 0. The Balaban J connectivity index is 1.89. The molecule has 11 heteroatoms. The summed E-state index contributed by atoms with van der Waals surface area (Å²) in [7, 11) is 0. The Labute approximate surface area is 137 Å². The molecule has 0 aliphatic carbocycles. The van der Waals surface area contributed by atoms with Crippen molar-refractivity contribution in [2.75, 3.05) is 6.61 Å². The summed E-state index contributed by atoms with van der Waals surface area (Å²) in [6, 6.07) is 5.60. The van der Waals surface area contributed by atoms with E-state index in [4.69, 9.17) is 0 Å². The van der Waals surface area contributed by atoms with Gasteiger partial charge in [-0.25, -0.2) is 4.98 Å².